The molecule has 0 fully saturated rings. The lowest BCUT2D eigenvalue weighted by Crippen LogP contribution is -2.34. The van der Waals surface area contributed by atoms with Gasteiger partial charge in [0.05, 0.1) is 13.2 Å². The number of rotatable bonds is 6. The molecule has 4 N–H and O–H groups in total. The van der Waals surface area contributed by atoms with E-state index in [1.165, 1.54) is 4.90 Å². The Bertz CT molecular complexity index is 476. The third kappa shape index (κ3) is 4.47. The fourth-order valence-corrected chi connectivity index (χ4v) is 1.86. The molecule has 0 bridgehead atoms. The average molecular weight is 303 g/mol. The zero-order valence-electron chi connectivity index (χ0n) is 12.8. The summed E-state index contributed by atoms with van der Waals surface area (Å²) >= 11 is 0. The number of anilines is 2. The fraction of sp³-hybridized carbons (Fsp3) is 0.692. The number of nitrogens with two attached hydrogens (primary N) is 1. The van der Waals surface area contributed by atoms with Crippen LogP contribution in [0.2, 0.25) is 0 Å². The highest BCUT2D eigenvalue weighted by molar-refractivity contribution is 5.58. The van der Waals surface area contributed by atoms with Gasteiger partial charge >= 0.3 is 0 Å². The quantitative estimate of drug-likeness (QED) is 0.544. The number of halogens is 2. The number of nitrogens with one attached hydrogen (secondary N) is 1. The third-order valence-corrected chi connectivity index (χ3v) is 2.96. The van der Waals surface area contributed by atoms with Crippen LogP contribution in [0.3, 0.4) is 0 Å². The average Bonchev–Trinajstić information content (AvgIpc) is 2.36. The summed E-state index contributed by atoms with van der Waals surface area (Å²) in [6.07, 6.45) is -2.53. The predicted octanol–water partition coefficient (Wildman–Crippen LogP) is 1.43. The summed E-state index contributed by atoms with van der Waals surface area (Å²) in [6.45, 7) is 6.78. The molecule has 0 aliphatic rings. The maximum Gasteiger partial charge on any atom is 0.255 e. The lowest BCUT2D eigenvalue weighted by Gasteiger charge is -2.27. The van der Waals surface area contributed by atoms with Gasteiger partial charge in [-0.2, -0.15) is 0 Å². The highest BCUT2D eigenvalue weighted by Gasteiger charge is 2.24. The Kier molecular flexibility index (Phi) is 5.79. The molecule has 0 saturated carbocycles. The molecule has 21 heavy (non-hydrogen) atoms. The van der Waals surface area contributed by atoms with E-state index in [4.69, 9.17) is 10.9 Å². The summed E-state index contributed by atoms with van der Waals surface area (Å²) in [4.78, 5) is 10.1. The third-order valence-electron chi connectivity index (χ3n) is 2.96. The van der Waals surface area contributed by atoms with E-state index in [0.717, 1.165) is 0 Å². The van der Waals surface area contributed by atoms with E-state index < -0.39 is 13.0 Å². The maximum atomic E-state index is 12.7. The second-order valence-corrected chi connectivity index (χ2v) is 5.80. The smallest absolute Gasteiger partial charge is 0.255 e. The van der Waals surface area contributed by atoms with Gasteiger partial charge in [-0.25, -0.2) is 24.6 Å². The maximum absolute atomic E-state index is 12.7. The van der Waals surface area contributed by atoms with Crippen LogP contribution in [0.1, 0.15) is 32.2 Å². The second-order valence-electron chi connectivity index (χ2n) is 5.80. The number of hydrogen-bond donors (Lipinski definition) is 3. The van der Waals surface area contributed by atoms with Crippen LogP contribution < -0.4 is 16.2 Å². The van der Waals surface area contributed by atoms with E-state index >= 15 is 0 Å². The first-order valence-corrected chi connectivity index (χ1v) is 6.70. The molecule has 0 aliphatic heterocycles. The molecule has 0 unspecified atom stereocenters. The number of nitrogen functional groups attached to an aromatic ring is 1. The molecule has 0 amide bonds. The number of aliphatic hydroxyl groups is 1. The first-order valence-electron chi connectivity index (χ1n) is 6.70. The van der Waals surface area contributed by atoms with Crippen LogP contribution in [-0.2, 0) is 5.41 Å². The number of hydrogen-bond acceptors (Lipinski definition) is 6. The standard InChI is InChI=1S/C13H23F2N5O/c1-8-10(19-16)17-12(13(2,3)4)18-11(8)20(5-6-21)7-9(14)15/h9,21H,5-7,16H2,1-4H3,(H,17,18,19). The predicted molar refractivity (Wildman–Crippen MR) is 78.6 cm³/mol. The molecule has 1 aromatic heterocycles. The number of aromatic nitrogens is 2. The van der Waals surface area contributed by atoms with Crippen LogP contribution in [0, 0.1) is 6.92 Å². The van der Waals surface area contributed by atoms with Gasteiger partial charge < -0.3 is 15.4 Å². The lowest BCUT2D eigenvalue weighted by molar-refractivity contribution is 0.152. The number of aliphatic hydroxyl groups excluding tert-OH is 1. The molecule has 1 heterocycles. The first kappa shape index (κ1) is 17.5. The van der Waals surface area contributed by atoms with Crippen LogP contribution >= 0.6 is 0 Å². The topological polar surface area (TPSA) is 87.3 Å². The van der Waals surface area contributed by atoms with Gasteiger partial charge in [0.1, 0.15) is 17.5 Å². The summed E-state index contributed by atoms with van der Waals surface area (Å²) in [5.41, 5.74) is 2.68. The largest absolute Gasteiger partial charge is 0.395 e. The summed E-state index contributed by atoms with van der Waals surface area (Å²) in [5.74, 6) is 6.69. The Morgan fingerprint density at radius 3 is 2.38 bits per heavy atom. The zero-order valence-corrected chi connectivity index (χ0v) is 12.8. The van der Waals surface area contributed by atoms with Gasteiger partial charge in [0, 0.05) is 17.5 Å². The van der Waals surface area contributed by atoms with Crippen molar-refractivity contribution in [1.82, 2.24) is 9.97 Å². The van der Waals surface area contributed by atoms with Gasteiger partial charge in [-0.15, -0.1) is 0 Å². The van der Waals surface area contributed by atoms with E-state index in [9.17, 15) is 8.78 Å². The van der Waals surface area contributed by atoms with Gasteiger partial charge in [-0.3, -0.25) is 0 Å². The van der Waals surface area contributed by atoms with E-state index in [1.807, 2.05) is 20.8 Å². The van der Waals surface area contributed by atoms with Crippen molar-refractivity contribution < 1.29 is 13.9 Å². The second kappa shape index (κ2) is 6.95. The van der Waals surface area contributed by atoms with Crippen molar-refractivity contribution in [1.29, 1.82) is 0 Å². The van der Waals surface area contributed by atoms with Crippen molar-refractivity contribution in [3.8, 4) is 0 Å². The summed E-state index contributed by atoms with van der Waals surface area (Å²) in [6, 6.07) is 0. The Hall–Kier alpha value is -1.54. The molecule has 0 atom stereocenters. The van der Waals surface area contributed by atoms with Crippen molar-refractivity contribution in [3.63, 3.8) is 0 Å². The van der Waals surface area contributed by atoms with Crippen molar-refractivity contribution in [2.24, 2.45) is 5.84 Å². The normalized spacial score (nSPS) is 11.9. The highest BCUT2D eigenvalue weighted by Crippen LogP contribution is 2.28. The van der Waals surface area contributed by atoms with Crippen LogP contribution in [0.4, 0.5) is 20.4 Å². The van der Waals surface area contributed by atoms with Crippen molar-refractivity contribution in [2.75, 3.05) is 30.0 Å². The van der Waals surface area contributed by atoms with Gasteiger partial charge in [-0.1, -0.05) is 20.8 Å². The Morgan fingerprint density at radius 2 is 1.95 bits per heavy atom. The summed E-state index contributed by atoms with van der Waals surface area (Å²) < 4.78 is 25.5. The summed E-state index contributed by atoms with van der Waals surface area (Å²) in [7, 11) is 0. The van der Waals surface area contributed by atoms with Gasteiger partial charge in [0.25, 0.3) is 6.43 Å². The van der Waals surface area contributed by atoms with E-state index in [2.05, 4.69) is 15.4 Å². The molecule has 0 aromatic carbocycles. The van der Waals surface area contributed by atoms with Gasteiger partial charge in [-0.05, 0) is 6.92 Å². The Morgan fingerprint density at radius 1 is 1.33 bits per heavy atom. The highest BCUT2D eigenvalue weighted by atomic mass is 19.3. The number of hydrazine groups is 1. The van der Waals surface area contributed by atoms with Gasteiger partial charge in [0.2, 0.25) is 0 Å². The molecular weight excluding hydrogens is 280 g/mol. The van der Waals surface area contributed by atoms with E-state index in [0.29, 0.717) is 23.0 Å². The minimum Gasteiger partial charge on any atom is -0.395 e. The van der Waals surface area contributed by atoms with Gasteiger partial charge in [0.15, 0.2) is 0 Å². The summed E-state index contributed by atoms with van der Waals surface area (Å²) in [5, 5.41) is 9.09. The SMILES string of the molecule is Cc1c(NN)nc(C(C)(C)C)nc1N(CCO)CC(F)F. The number of alkyl halides is 2. The Labute approximate surface area is 123 Å². The zero-order chi connectivity index (χ0) is 16.2. The minimum atomic E-state index is -2.53. The molecule has 8 heteroatoms. The van der Waals surface area contributed by atoms with Crippen molar-refractivity contribution in [3.05, 3.63) is 11.4 Å². The van der Waals surface area contributed by atoms with Crippen molar-refractivity contribution in [2.45, 2.75) is 39.5 Å². The molecule has 120 valence electrons. The lowest BCUT2D eigenvalue weighted by atomic mass is 9.95. The molecule has 1 aromatic rings. The fourth-order valence-electron chi connectivity index (χ4n) is 1.86. The van der Waals surface area contributed by atoms with E-state index in [1.54, 1.807) is 6.92 Å². The monoisotopic (exact) mass is 303 g/mol. The molecule has 0 aliphatic carbocycles. The van der Waals surface area contributed by atoms with E-state index in [-0.39, 0.29) is 18.6 Å². The minimum absolute atomic E-state index is 0.0653. The molecular formula is C13H23F2N5O. The van der Waals surface area contributed by atoms with Crippen LogP contribution in [0.5, 0.6) is 0 Å². The molecule has 1 rings (SSSR count). The van der Waals surface area contributed by atoms with Crippen LogP contribution in [-0.4, -0.2) is 41.2 Å². The molecule has 0 radical (unpaired) electrons. The van der Waals surface area contributed by atoms with Crippen LogP contribution in [0.25, 0.3) is 0 Å². The Balaban J connectivity index is 3.36. The number of nitrogens with zero attached hydrogens (tertiary/aromatic N) is 3. The van der Waals surface area contributed by atoms with Crippen molar-refractivity contribution >= 4 is 11.6 Å². The molecule has 0 spiro atoms. The van der Waals surface area contributed by atoms with Crippen LogP contribution in [0.15, 0.2) is 0 Å². The first-order chi connectivity index (χ1) is 9.70. The molecule has 0 saturated heterocycles. The molecule has 6 nitrogen and oxygen atoms in total.